The number of hydrogen-bond donors (Lipinski definition) is 0. The fourth-order valence-electron chi connectivity index (χ4n) is 3.72. The van der Waals surface area contributed by atoms with Crippen LogP contribution in [0.4, 0.5) is 0 Å². The highest BCUT2D eigenvalue weighted by Gasteiger charge is 2.51. The molecule has 2 saturated heterocycles. The quantitative estimate of drug-likeness (QED) is 0.688. The van der Waals surface area contributed by atoms with Gasteiger partial charge >= 0.3 is 0 Å². The SMILES string of the molecule is CN(C)C(=O)COCC12CCCOC1CCN(S(=O)(=O)C1CC1)C2. The summed E-state index contributed by atoms with van der Waals surface area (Å²) in [4.78, 5) is 13.2. The fourth-order valence-corrected chi connectivity index (χ4v) is 5.68. The van der Waals surface area contributed by atoms with Gasteiger partial charge in [-0.25, -0.2) is 12.7 Å². The van der Waals surface area contributed by atoms with Crippen LogP contribution < -0.4 is 0 Å². The second kappa shape index (κ2) is 6.90. The third-order valence-corrected chi connectivity index (χ3v) is 7.72. The largest absolute Gasteiger partial charge is 0.377 e. The van der Waals surface area contributed by atoms with Gasteiger partial charge in [0.1, 0.15) is 6.61 Å². The van der Waals surface area contributed by atoms with Crippen molar-refractivity contribution in [1.82, 2.24) is 9.21 Å². The van der Waals surface area contributed by atoms with E-state index in [1.165, 1.54) is 4.90 Å². The predicted octanol–water partition coefficient (Wildman–Crippen LogP) is 0.455. The molecule has 138 valence electrons. The molecule has 1 saturated carbocycles. The molecule has 2 heterocycles. The molecule has 2 aliphatic heterocycles. The number of carbonyl (C=O) groups excluding carboxylic acids is 1. The third-order valence-electron chi connectivity index (χ3n) is 5.37. The van der Waals surface area contributed by atoms with E-state index in [-0.39, 0.29) is 29.3 Å². The molecular formula is C16H28N2O5S. The lowest BCUT2D eigenvalue weighted by Gasteiger charge is -2.49. The molecule has 24 heavy (non-hydrogen) atoms. The van der Waals surface area contributed by atoms with Crippen LogP contribution in [0.2, 0.25) is 0 Å². The van der Waals surface area contributed by atoms with Crippen LogP contribution in [0.25, 0.3) is 0 Å². The Morgan fingerprint density at radius 2 is 2.08 bits per heavy atom. The van der Waals surface area contributed by atoms with E-state index in [1.54, 1.807) is 18.4 Å². The summed E-state index contributed by atoms with van der Waals surface area (Å²) in [7, 11) is 0.206. The summed E-state index contributed by atoms with van der Waals surface area (Å²) in [6.07, 6.45) is 4.06. The van der Waals surface area contributed by atoms with Crippen LogP contribution >= 0.6 is 0 Å². The first-order valence-electron chi connectivity index (χ1n) is 8.74. The van der Waals surface area contributed by atoms with Gasteiger partial charge in [0.15, 0.2) is 0 Å². The second-order valence-corrected chi connectivity index (χ2v) is 9.69. The van der Waals surface area contributed by atoms with E-state index in [0.29, 0.717) is 26.1 Å². The fraction of sp³-hybridized carbons (Fsp3) is 0.938. The van der Waals surface area contributed by atoms with E-state index in [0.717, 1.165) is 32.3 Å². The Morgan fingerprint density at radius 3 is 2.75 bits per heavy atom. The Bertz CT molecular complexity index is 575. The number of likely N-dealkylation sites (N-methyl/N-ethyl adjacent to an activating group) is 1. The standard InChI is InChI=1S/C16H28N2O5S/c1-17(2)15(19)10-22-12-16-7-3-9-23-14(16)6-8-18(11-16)24(20,21)13-4-5-13/h13-14H,3-12H2,1-2H3. The molecule has 0 aromatic heterocycles. The molecule has 0 aromatic rings. The molecule has 2 unspecified atom stereocenters. The van der Waals surface area contributed by atoms with Gasteiger partial charge in [-0.2, -0.15) is 0 Å². The van der Waals surface area contributed by atoms with Crippen LogP contribution in [0, 0.1) is 5.41 Å². The highest BCUT2D eigenvalue weighted by molar-refractivity contribution is 7.90. The van der Waals surface area contributed by atoms with Crippen molar-refractivity contribution in [3.63, 3.8) is 0 Å². The van der Waals surface area contributed by atoms with E-state index in [4.69, 9.17) is 9.47 Å². The van der Waals surface area contributed by atoms with Gasteiger partial charge in [-0.15, -0.1) is 0 Å². The van der Waals surface area contributed by atoms with E-state index >= 15 is 0 Å². The number of nitrogens with zero attached hydrogens (tertiary/aromatic N) is 2. The molecule has 0 spiro atoms. The Labute approximate surface area is 144 Å². The van der Waals surface area contributed by atoms with Gasteiger partial charge < -0.3 is 14.4 Å². The summed E-state index contributed by atoms with van der Waals surface area (Å²) in [6.45, 7) is 2.09. The summed E-state index contributed by atoms with van der Waals surface area (Å²) in [5.74, 6) is -0.0852. The maximum absolute atomic E-state index is 12.6. The molecule has 1 amide bonds. The van der Waals surface area contributed by atoms with E-state index in [2.05, 4.69) is 0 Å². The number of ether oxygens (including phenoxy) is 2. The van der Waals surface area contributed by atoms with Crippen LogP contribution in [0.5, 0.6) is 0 Å². The molecule has 0 radical (unpaired) electrons. The molecule has 1 aliphatic carbocycles. The molecule has 3 fully saturated rings. The lowest BCUT2D eigenvalue weighted by molar-refractivity contribution is -0.152. The zero-order valence-electron chi connectivity index (χ0n) is 14.6. The smallest absolute Gasteiger partial charge is 0.248 e. The number of fused-ring (bicyclic) bond motifs is 1. The molecule has 2 atom stereocenters. The third kappa shape index (κ3) is 3.61. The number of rotatable bonds is 6. The zero-order valence-corrected chi connectivity index (χ0v) is 15.4. The van der Waals surface area contributed by atoms with E-state index in [1.807, 2.05) is 0 Å². The minimum absolute atomic E-state index is 0.0198. The second-order valence-electron chi connectivity index (χ2n) is 7.47. The molecule has 0 bridgehead atoms. The molecule has 7 nitrogen and oxygen atoms in total. The molecule has 0 N–H and O–H groups in total. The van der Waals surface area contributed by atoms with Gasteiger partial charge in [-0.3, -0.25) is 4.79 Å². The molecule has 8 heteroatoms. The first-order valence-corrected chi connectivity index (χ1v) is 10.2. The summed E-state index contributed by atoms with van der Waals surface area (Å²) in [5, 5.41) is -0.188. The maximum atomic E-state index is 12.6. The van der Waals surface area contributed by atoms with Gasteiger partial charge in [0.25, 0.3) is 0 Å². The van der Waals surface area contributed by atoms with Crippen molar-refractivity contribution in [2.45, 2.75) is 43.5 Å². The molecule has 0 aromatic carbocycles. The van der Waals surface area contributed by atoms with E-state index in [9.17, 15) is 13.2 Å². The lowest BCUT2D eigenvalue weighted by atomic mass is 9.73. The highest BCUT2D eigenvalue weighted by atomic mass is 32.2. The van der Waals surface area contributed by atoms with Crippen molar-refractivity contribution in [1.29, 1.82) is 0 Å². The van der Waals surface area contributed by atoms with Crippen molar-refractivity contribution < 1.29 is 22.7 Å². The summed E-state index contributed by atoms with van der Waals surface area (Å²) >= 11 is 0. The summed E-state index contributed by atoms with van der Waals surface area (Å²) in [6, 6.07) is 0. The van der Waals surface area contributed by atoms with Crippen molar-refractivity contribution >= 4 is 15.9 Å². The van der Waals surface area contributed by atoms with Gasteiger partial charge in [0.2, 0.25) is 15.9 Å². The molecular weight excluding hydrogens is 332 g/mol. The van der Waals surface area contributed by atoms with Gasteiger partial charge in [0.05, 0.1) is 18.0 Å². The normalized spacial score (nSPS) is 31.5. The summed E-state index contributed by atoms with van der Waals surface area (Å²) in [5.41, 5.74) is -0.328. The average Bonchev–Trinajstić information content (AvgIpc) is 3.39. The van der Waals surface area contributed by atoms with Crippen molar-refractivity contribution in [3.05, 3.63) is 0 Å². The van der Waals surface area contributed by atoms with Crippen LogP contribution in [0.15, 0.2) is 0 Å². The number of sulfonamides is 1. The monoisotopic (exact) mass is 360 g/mol. The Balaban J connectivity index is 1.68. The number of piperidine rings is 1. The van der Waals surface area contributed by atoms with Gasteiger partial charge in [0, 0.05) is 39.2 Å². The number of carbonyl (C=O) groups is 1. The molecule has 3 rings (SSSR count). The van der Waals surface area contributed by atoms with Crippen molar-refractivity contribution in [2.75, 3.05) is 47.0 Å². The minimum atomic E-state index is -3.19. The Hall–Kier alpha value is -0.700. The highest BCUT2D eigenvalue weighted by Crippen LogP contribution is 2.43. The Kier molecular flexibility index (Phi) is 5.20. The molecule has 3 aliphatic rings. The van der Waals surface area contributed by atoms with Crippen LogP contribution in [-0.4, -0.2) is 81.9 Å². The number of hydrogen-bond acceptors (Lipinski definition) is 5. The zero-order chi connectivity index (χ0) is 17.4. The topological polar surface area (TPSA) is 76.2 Å². The van der Waals surface area contributed by atoms with Gasteiger partial charge in [-0.05, 0) is 32.1 Å². The average molecular weight is 360 g/mol. The minimum Gasteiger partial charge on any atom is -0.377 e. The van der Waals surface area contributed by atoms with Gasteiger partial charge in [-0.1, -0.05) is 0 Å². The Morgan fingerprint density at radius 1 is 1.33 bits per heavy atom. The van der Waals surface area contributed by atoms with Crippen LogP contribution in [0.3, 0.4) is 0 Å². The van der Waals surface area contributed by atoms with Crippen molar-refractivity contribution in [2.24, 2.45) is 5.41 Å². The van der Waals surface area contributed by atoms with E-state index < -0.39 is 10.0 Å². The first kappa shape index (κ1) is 18.1. The maximum Gasteiger partial charge on any atom is 0.248 e. The predicted molar refractivity (Wildman–Crippen MR) is 89.1 cm³/mol. The van der Waals surface area contributed by atoms with Crippen LogP contribution in [0.1, 0.15) is 32.1 Å². The first-order chi connectivity index (χ1) is 11.3. The van der Waals surface area contributed by atoms with Crippen molar-refractivity contribution in [3.8, 4) is 0 Å². The van der Waals surface area contributed by atoms with Crippen LogP contribution in [-0.2, 0) is 24.3 Å². The number of amides is 1. The summed E-state index contributed by atoms with van der Waals surface area (Å²) < 4.78 is 38.5. The lowest BCUT2D eigenvalue weighted by Crippen LogP contribution is -2.58.